The third-order valence-corrected chi connectivity index (χ3v) is 2.43. The first-order valence-electron chi connectivity index (χ1n) is 3.79. The fourth-order valence-electron chi connectivity index (χ4n) is 0.807. The van der Waals surface area contributed by atoms with Gasteiger partial charge in [-0.3, -0.25) is 0 Å². The minimum absolute atomic E-state index is 0.690. The maximum absolute atomic E-state index is 5.93. The van der Waals surface area contributed by atoms with Crippen LogP contribution in [0.1, 0.15) is 12.0 Å². The molecule has 0 aliphatic rings. The molecular weight excluding hydrogens is 268 g/mol. The van der Waals surface area contributed by atoms with Gasteiger partial charge in [0.2, 0.25) is 0 Å². The van der Waals surface area contributed by atoms with Gasteiger partial charge in [0.05, 0.1) is 5.02 Å². The summed E-state index contributed by atoms with van der Waals surface area (Å²) in [5.74, 6) is 6.76. The van der Waals surface area contributed by atoms with Gasteiger partial charge in [-0.05, 0) is 18.2 Å². The fourth-order valence-corrected chi connectivity index (χ4v) is 1.44. The van der Waals surface area contributed by atoms with Gasteiger partial charge >= 0.3 is 0 Å². The Morgan fingerprint density at radius 2 is 2.23 bits per heavy atom. The Labute approximate surface area is 97.2 Å². The van der Waals surface area contributed by atoms with E-state index in [2.05, 4.69) is 40.4 Å². The highest BCUT2D eigenvalue weighted by atomic mass is 79.9. The number of benzene rings is 1. The summed E-state index contributed by atoms with van der Waals surface area (Å²) in [5.41, 5.74) is 0.859. The van der Waals surface area contributed by atoms with Crippen molar-refractivity contribution in [3.8, 4) is 11.8 Å². The summed E-state index contributed by atoms with van der Waals surface area (Å²) in [6.07, 6.45) is 0.784. The SMILES string of the molecule is SCCC#Cc1cc(Br)ccc1Cl. The number of hydrogen-bond acceptors (Lipinski definition) is 1. The van der Waals surface area contributed by atoms with Crippen molar-refractivity contribution < 1.29 is 0 Å². The molecule has 0 unspecified atom stereocenters. The summed E-state index contributed by atoms with van der Waals surface area (Å²) in [6.45, 7) is 0. The molecule has 0 fully saturated rings. The van der Waals surface area contributed by atoms with Gasteiger partial charge in [0.15, 0.2) is 0 Å². The molecule has 0 amide bonds. The Kier molecular flexibility index (Phi) is 4.72. The second kappa shape index (κ2) is 5.59. The number of hydrogen-bond donors (Lipinski definition) is 1. The Balaban J connectivity index is 2.89. The molecule has 0 spiro atoms. The molecule has 0 radical (unpaired) electrons. The van der Waals surface area contributed by atoms with Gasteiger partial charge in [-0.25, -0.2) is 0 Å². The standard InChI is InChI=1S/C10H8BrClS/c11-9-4-5-10(12)8(7-9)3-1-2-6-13/h4-5,7,13H,2,6H2. The van der Waals surface area contributed by atoms with Crippen molar-refractivity contribution in [3.63, 3.8) is 0 Å². The average molecular weight is 276 g/mol. The van der Waals surface area contributed by atoms with E-state index in [4.69, 9.17) is 11.6 Å². The highest BCUT2D eigenvalue weighted by Crippen LogP contribution is 2.19. The van der Waals surface area contributed by atoms with Crippen LogP contribution in [0.4, 0.5) is 0 Å². The predicted molar refractivity (Wildman–Crippen MR) is 64.5 cm³/mol. The monoisotopic (exact) mass is 274 g/mol. The zero-order valence-corrected chi connectivity index (χ0v) is 10.1. The van der Waals surface area contributed by atoms with Crippen LogP contribution in [0.25, 0.3) is 0 Å². The Morgan fingerprint density at radius 1 is 1.46 bits per heavy atom. The molecule has 0 aliphatic heterocycles. The van der Waals surface area contributed by atoms with Gasteiger partial charge < -0.3 is 0 Å². The lowest BCUT2D eigenvalue weighted by Gasteiger charge is -1.95. The zero-order chi connectivity index (χ0) is 9.68. The van der Waals surface area contributed by atoms with Crippen LogP contribution in [-0.2, 0) is 0 Å². The molecule has 0 saturated heterocycles. The van der Waals surface area contributed by atoms with Crippen molar-refractivity contribution in [3.05, 3.63) is 33.3 Å². The van der Waals surface area contributed by atoms with Crippen LogP contribution in [0.3, 0.4) is 0 Å². The Hall–Kier alpha value is -0.100. The Bertz CT molecular complexity index is 352. The maximum Gasteiger partial charge on any atom is 0.0563 e. The molecular formula is C10H8BrClS. The predicted octanol–water partition coefficient (Wildman–Crippen LogP) is 3.77. The molecule has 0 aliphatic carbocycles. The minimum Gasteiger partial charge on any atom is -0.178 e. The van der Waals surface area contributed by atoms with Crippen LogP contribution in [0.2, 0.25) is 5.02 Å². The van der Waals surface area contributed by atoms with Crippen LogP contribution in [0, 0.1) is 11.8 Å². The molecule has 0 bridgehead atoms. The number of rotatable bonds is 1. The van der Waals surface area contributed by atoms with Gasteiger partial charge in [0.25, 0.3) is 0 Å². The molecule has 13 heavy (non-hydrogen) atoms. The molecule has 0 N–H and O–H groups in total. The molecule has 0 nitrogen and oxygen atoms in total. The molecule has 0 aromatic heterocycles. The summed E-state index contributed by atoms with van der Waals surface area (Å²) >= 11 is 13.4. The Morgan fingerprint density at radius 3 is 2.92 bits per heavy atom. The first kappa shape index (κ1) is 11.0. The molecule has 0 heterocycles. The highest BCUT2D eigenvalue weighted by molar-refractivity contribution is 9.10. The van der Waals surface area contributed by atoms with Crippen molar-refractivity contribution in [1.82, 2.24) is 0 Å². The topological polar surface area (TPSA) is 0 Å². The van der Waals surface area contributed by atoms with E-state index >= 15 is 0 Å². The largest absolute Gasteiger partial charge is 0.178 e. The summed E-state index contributed by atoms with van der Waals surface area (Å²) < 4.78 is 0.993. The smallest absolute Gasteiger partial charge is 0.0563 e. The van der Waals surface area contributed by atoms with Gasteiger partial charge in [0, 0.05) is 22.2 Å². The lowest BCUT2D eigenvalue weighted by atomic mass is 10.2. The third-order valence-electron chi connectivity index (χ3n) is 1.39. The van der Waals surface area contributed by atoms with Gasteiger partial charge in [0.1, 0.15) is 0 Å². The van der Waals surface area contributed by atoms with Crippen LogP contribution >= 0.6 is 40.2 Å². The number of thiol groups is 1. The molecule has 1 aromatic carbocycles. The van der Waals surface area contributed by atoms with Crippen molar-refractivity contribution >= 4 is 40.2 Å². The first-order chi connectivity index (χ1) is 6.24. The molecule has 0 atom stereocenters. The van der Waals surface area contributed by atoms with Crippen molar-refractivity contribution in [2.45, 2.75) is 6.42 Å². The van der Waals surface area contributed by atoms with Crippen molar-refractivity contribution in [1.29, 1.82) is 0 Å². The quantitative estimate of drug-likeness (QED) is 0.585. The number of halogens is 2. The van der Waals surface area contributed by atoms with E-state index in [1.807, 2.05) is 18.2 Å². The van der Waals surface area contributed by atoms with Gasteiger partial charge in [-0.2, -0.15) is 12.6 Å². The van der Waals surface area contributed by atoms with E-state index in [-0.39, 0.29) is 0 Å². The molecule has 1 aromatic rings. The van der Waals surface area contributed by atoms with Gasteiger partial charge in [-0.1, -0.05) is 39.4 Å². The summed E-state index contributed by atoms with van der Waals surface area (Å²) in [7, 11) is 0. The molecule has 3 heteroatoms. The van der Waals surface area contributed by atoms with E-state index in [9.17, 15) is 0 Å². The zero-order valence-electron chi connectivity index (χ0n) is 6.85. The van der Waals surface area contributed by atoms with Crippen LogP contribution in [0.15, 0.2) is 22.7 Å². The minimum atomic E-state index is 0.690. The second-order valence-electron chi connectivity index (χ2n) is 2.40. The van der Waals surface area contributed by atoms with Gasteiger partial charge in [-0.15, -0.1) is 0 Å². The van der Waals surface area contributed by atoms with Crippen LogP contribution in [0.5, 0.6) is 0 Å². The third kappa shape index (κ3) is 3.64. The normalized spacial score (nSPS) is 9.15. The van der Waals surface area contributed by atoms with E-state index in [0.717, 1.165) is 22.2 Å². The van der Waals surface area contributed by atoms with E-state index in [0.29, 0.717) is 5.02 Å². The molecule has 68 valence electrons. The second-order valence-corrected chi connectivity index (χ2v) is 4.17. The molecule has 1 rings (SSSR count). The van der Waals surface area contributed by atoms with E-state index in [1.54, 1.807) is 0 Å². The van der Waals surface area contributed by atoms with E-state index in [1.165, 1.54) is 0 Å². The lowest BCUT2D eigenvalue weighted by molar-refractivity contribution is 1.31. The van der Waals surface area contributed by atoms with Crippen molar-refractivity contribution in [2.24, 2.45) is 0 Å². The van der Waals surface area contributed by atoms with Crippen LogP contribution < -0.4 is 0 Å². The van der Waals surface area contributed by atoms with Crippen LogP contribution in [-0.4, -0.2) is 5.75 Å². The highest BCUT2D eigenvalue weighted by Gasteiger charge is 1.96. The summed E-state index contributed by atoms with van der Waals surface area (Å²) in [5, 5.41) is 0.690. The summed E-state index contributed by atoms with van der Waals surface area (Å²) in [6, 6.07) is 5.64. The van der Waals surface area contributed by atoms with E-state index < -0.39 is 0 Å². The summed E-state index contributed by atoms with van der Waals surface area (Å²) in [4.78, 5) is 0. The fraction of sp³-hybridized carbons (Fsp3) is 0.200. The lowest BCUT2D eigenvalue weighted by Crippen LogP contribution is -1.77. The maximum atomic E-state index is 5.93. The van der Waals surface area contributed by atoms with Crippen molar-refractivity contribution in [2.75, 3.05) is 5.75 Å². The first-order valence-corrected chi connectivity index (χ1v) is 5.59. The average Bonchev–Trinajstić information content (AvgIpc) is 2.11. The molecule has 0 saturated carbocycles.